The fraction of sp³-hybridized carbons (Fsp3) is 0.562. The van der Waals surface area contributed by atoms with Crippen LogP contribution < -0.4 is 5.73 Å². The molecule has 1 aromatic heterocycles. The van der Waals surface area contributed by atoms with Crippen LogP contribution in [-0.4, -0.2) is 52.7 Å². The van der Waals surface area contributed by atoms with Gasteiger partial charge in [-0.3, -0.25) is 14.7 Å². The number of nitrogens with one attached hydrogen (secondary N) is 1. The van der Waals surface area contributed by atoms with Gasteiger partial charge in [-0.2, -0.15) is 5.10 Å². The van der Waals surface area contributed by atoms with E-state index in [-0.39, 0.29) is 17.5 Å². The molecule has 1 aromatic rings. The lowest BCUT2D eigenvalue weighted by atomic mass is 9.94. The fourth-order valence-corrected chi connectivity index (χ4v) is 2.76. The number of carbonyl (C=O) groups is 2. The monoisotopic (exact) mass is 320 g/mol. The van der Waals surface area contributed by atoms with E-state index >= 15 is 0 Å². The van der Waals surface area contributed by atoms with Crippen LogP contribution in [0.3, 0.4) is 0 Å². The lowest BCUT2D eigenvalue weighted by Crippen LogP contribution is -2.44. The number of aromatic nitrogens is 2. The number of carbonyl (C=O) groups excluding carboxylic acids is 2. The first kappa shape index (κ1) is 17.2. The van der Waals surface area contributed by atoms with Crippen LogP contribution in [-0.2, 0) is 9.53 Å². The number of rotatable bonds is 7. The molecule has 3 N–H and O–H groups in total. The summed E-state index contributed by atoms with van der Waals surface area (Å²) in [5.41, 5.74) is 6.29. The molecule has 2 amide bonds. The highest BCUT2D eigenvalue weighted by molar-refractivity contribution is 5.90. The van der Waals surface area contributed by atoms with Gasteiger partial charge >= 0.3 is 0 Å². The van der Waals surface area contributed by atoms with Crippen molar-refractivity contribution < 1.29 is 14.3 Å². The molecular formula is C16H24N4O3. The molecule has 1 aliphatic heterocycles. The molecule has 126 valence electrons. The van der Waals surface area contributed by atoms with E-state index in [1.54, 1.807) is 19.1 Å². The molecule has 23 heavy (non-hydrogen) atoms. The van der Waals surface area contributed by atoms with Crippen molar-refractivity contribution in [3.63, 3.8) is 0 Å². The van der Waals surface area contributed by atoms with E-state index in [0.29, 0.717) is 13.2 Å². The normalized spacial score (nSPS) is 19.3. The molecule has 7 heteroatoms. The molecule has 7 nitrogen and oxygen atoms in total. The molecule has 1 fully saturated rings. The van der Waals surface area contributed by atoms with Crippen molar-refractivity contribution in [1.82, 2.24) is 15.1 Å². The van der Waals surface area contributed by atoms with Crippen LogP contribution in [0.15, 0.2) is 18.7 Å². The third-order valence-electron chi connectivity index (χ3n) is 4.06. The Morgan fingerprint density at radius 2 is 2.43 bits per heavy atom. The molecule has 0 spiro atoms. The molecule has 2 unspecified atom stereocenters. The highest BCUT2D eigenvalue weighted by Crippen LogP contribution is 2.26. The summed E-state index contributed by atoms with van der Waals surface area (Å²) in [6, 6.07) is 1.67. The summed E-state index contributed by atoms with van der Waals surface area (Å²) in [5, 5.41) is 6.77. The SMILES string of the molecule is C=CCCOC(C)C(=O)N1CCCC(c2cc(C(N)=O)n[nH]2)C1. The van der Waals surface area contributed by atoms with Crippen LogP contribution in [0.5, 0.6) is 0 Å². The summed E-state index contributed by atoms with van der Waals surface area (Å²) < 4.78 is 5.53. The summed E-state index contributed by atoms with van der Waals surface area (Å²) in [4.78, 5) is 25.4. The standard InChI is InChI=1S/C16H24N4O3/c1-3-4-8-23-11(2)16(22)20-7-5-6-12(10-20)13-9-14(15(17)21)19-18-13/h3,9,11-12H,1,4-8,10H2,2H3,(H2,17,21)(H,18,19). The Morgan fingerprint density at radius 1 is 1.65 bits per heavy atom. The van der Waals surface area contributed by atoms with Gasteiger partial charge in [-0.25, -0.2) is 0 Å². The van der Waals surface area contributed by atoms with Crippen LogP contribution in [0.1, 0.15) is 48.3 Å². The minimum Gasteiger partial charge on any atom is -0.368 e. The number of nitrogens with zero attached hydrogens (tertiary/aromatic N) is 2. The number of nitrogens with two attached hydrogens (primary N) is 1. The molecule has 2 atom stereocenters. The van der Waals surface area contributed by atoms with Gasteiger partial charge in [-0.1, -0.05) is 6.08 Å². The Balaban J connectivity index is 1.95. The molecular weight excluding hydrogens is 296 g/mol. The number of likely N-dealkylation sites (tertiary alicyclic amines) is 1. The van der Waals surface area contributed by atoms with Crippen LogP contribution in [0.25, 0.3) is 0 Å². The van der Waals surface area contributed by atoms with Crippen LogP contribution in [0.2, 0.25) is 0 Å². The summed E-state index contributed by atoms with van der Waals surface area (Å²) in [7, 11) is 0. The smallest absolute Gasteiger partial charge is 0.269 e. The van der Waals surface area contributed by atoms with E-state index < -0.39 is 12.0 Å². The maximum atomic E-state index is 12.5. The molecule has 2 rings (SSSR count). The predicted molar refractivity (Wildman–Crippen MR) is 85.9 cm³/mol. The van der Waals surface area contributed by atoms with Gasteiger partial charge in [-0.05, 0) is 32.3 Å². The van der Waals surface area contributed by atoms with E-state index in [2.05, 4.69) is 16.8 Å². The largest absolute Gasteiger partial charge is 0.368 e. The molecule has 0 bridgehead atoms. The lowest BCUT2D eigenvalue weighted by molar-refractivity contribution is -0.143. The molecule has 0 aromatic carbocycles. The Hall–Kier alpha value is -2.15. The van der Waals surface area contributed by atoms with Crippen molar-refractivity contribution in [3.8, 4) is 0 Å². The molecule has 0 aliphatic carbocycles. The van der Waals surface area contributed by atoms with Crippen molar-refractivity contribution in [2.45, 2.75) is 38.2 Å². The molecule has 2 heterocycles. The van der Waals surface area contributed by atoms with Gasteiger partial charge in [-0.15, -0.1) is 6.58 Å². The van der Waals surface area contributed by atoms with Crippen LogP contribution in [0.4, 0.5) is 0 Å². The number of primary amides is 1. The minimum absolute atomic E-state index is 0.00611. The van der Waals surface area contributed by atoms with E-state index in [1.165, 1.54) is 0 Å². The number of H-pyrrole nitrogens is 1. The average Bonchev–Trinajstić information content (AvgIpc) is 3.04. The number of hydrogen-bond acceptors (Lipinski definition) is 4. The minimum atomic E-state index is -0.555. The zero-order chi connectivity index (χ0) is 16.8. The van der Waals surface area contributed by atoms with Gasteiger partial charge in [0.05, 0.1) is 6.61 Å². The summed E-state index contributed by atoms with van der Waals surface area (Å²) in [6.45, 7) is 7.22. The maximum Gasteiger partial charge on any atom is 0.269 e. The molecule has 0 saturated carbocycles. The average molecular weight is 320 g/mol. The highest BCUT2D eigenvalue weighted by atomic mass is 16.5. The Labute approximate surface area is 135 Å². The van der Waals surface area contributed by atoms with Crippen molar-refractivity contribution in [3.05, 3.63) is 30.1 Å². The van der Waals surface area contributed by atoms with Gasteiger partial charge in [0.15, 0.2) is 0 Å². The van der Waals surface area contributed by atoms with E-state index in [1.807, 2.05) is 4.90 Å². The number of piperidine rings is 1. The second-order valence-electron chi connectivity index (χ2n) is 5.79. The quantitative estimate of drug-likeness (QED) is 0.582. The van der Waals surface area contributed by atoms with E-state index in [9.17, 15) is 9.59 Å². The first-order chi connectivity index (χ1) is 11.0. The van der Waals surface area contributed by atoms with Gasteiger partial charge < -0.3 is 15.4 Å². The van der Waals surface area contributed by atoms with Gasteiger partial charge in [0, 0.05) is 24.7 Å². The summed E-state index contributed by atoms with van der Waals surface area (Å²) in [6.07, 6.45) is 3.88. The van der Waals surface area contributed by atoms with Gasteiger partial charge in [0.2, 0.25) is 0 Å². The summed E-state index contributed by atoms with van der Waals surface area (Å²) in [5.74, 6) is -0.428. The second-order valence-corrected chi connectivity index (χ2v) is 5.79. The molecule has 1 saturated heterocycles. The third-order valence-corrected chi connectivity index (χ3v) is 4.06. The van der Waals surface area contributed by atoms with Gasteiger partial charge in [0.25, 0.3) is 11.8 Å². The number of ether oxygens (including phenoxy) is 1. The van der Waals surface area contributed by atoms with E-state index in [4.69, 9.17) is 10.5 Å². The second kappa shape index (κ2) is 7.92. The number of aromatic amines is 1. The summed E-state index contributed by atoms with van der Waals surface area (Å²) >= 11 is 0. The number of hydrogen-bond donors (Lipinski definition) is 2. The lowest BCUT2D eigenvalue weighted by Gasteiger charge is -2.33. The predicted octanol–water partition coefficient (Wildman–Crippen LogP) is 1.20. The van der Waals surface area contributed by atoms with Crippen LogP contribution in [0, 0.1) is 0 Å². The number of amides is 2. The fourth-order valence-electron chi connectivity index (χ4n) is 2.76. The Kier molecular flexibility index (Phi) is 5.92. The first-order valence-corrected chi connectivity index (χ1v) is 7.89. The first-order valence-electron chi connectivity index (χ1n) is 7.89. The highest BCUT2D eigenvalue weighted by Gasteiger charge is 2.29. The van der Waals surface area contributed by atoms with Crippen molar-refractivity contribution in [1.29, 1.82) is 0 Å². The van der Waals surface area contributed by atoms with Crippen molar-refractivity contribution in [2.75, 3.05) is 19.7 Å². The molecule has 1 aliphatic rings. The molecule has 0 radical (unpaired) electrons. The van der Waals surface area contributed by atoms with Gasteiger partial charge in [0.1, 0.15) is 11.8 Å². The van der Waals surface area contributed by atoms with Crippen molar-refractivity contribution in [2.24, 2.45) is 5.73 Å². The maximum absolute atomic E-state index is 12.5. The topological polar surface area (TPSA) is 101 Å². The third kappa shape index (κ3) is 4.41. The van der Waals surface area contributed by atoms with Crippen molar-refractivity contribution >= 4 is 11.8 Å². The van der Waals surface area contributed by atoms with E-state index in [0.717, 1.165) is 31.5 Å². The van der Waals surface area contributed by atoms with Crippen LogP contribution >= 0.6 is 0 Å². The zero-order valence-electron chi connectivity index (χ0n) is 13.5. The Morgan fingerprint density at radius 3 is 3.09 bits per heavy atom. The zero-order valence-corrected chi connectivity index (χ0v) is 13.5. The Bertz CT molecular complexity index is 569.